The maximum atomic E-state index is 14.6. The highest BCUT2D eigenvalue weighted by atomic mass is 79.9. The highest BCUT2D eigenvalue weighted by Crippen LogP contribution is 2.65. The highest BCUT2D eigenvalue weighted by molar-refractivity contribution is 9.10. The van der Waals surface area contributed by atoms with E-state index in [9.17, 15) is 18.4 Å². The average molecular weight is 535 g/mol. The second-order valence-electron chi connectivity index (χ2n) is 8.92. The number of aliphatic imine (C=N–C) groups is 1. The molecule has 1 saturated carbocycles. The summed E-state index contributed by atoms with van der Waals surface area (Å²) in [6.45, 7) is 6.10. The van der Waals surface area contributed by atoms with Crippen LogP contribution in [0.1, 0.15) is 12.0 Å². The van der Waals surface area contributed by atoms with Crippen molar-refractivity contribution in [2.45, 2.75) is 42.4 Å². The molecular weight excluding hydrogens is 510 g/mol. The SMILES string of the molecule is C[Si](C)(C)CCOCNC(=O)OC1=N[C@](CF)(c2cc(Br)ccc2F)[C@@H]2C[C@]2(C=O)S1. The molecule has 0 radical (unpaired) electrons. The van der Waals surface area contributed by atoms with Gasteiger partial charge in [0.1, 0.15) is 31.0 Å². The Labute approximate surface area is 193 Å². The molecule has 3 rings (SSSR count). The first-order valence-electron chi connectivity index (χ1n) is 9.85. The fourth-order valence-electron chi connectivity index (χ4n) is 3.52. The van der Waals surface area contributed by atoms with E-state index in [0.29, 0.717) is 23.8 Å². The Hall–Kier alpha value is -1.30. The zero-order chi connectivity index (χ0) is 22.9. The third-order valence-electron chi connectivity index (χ3n) is 5.39. The van der Waals surface area contributed by atoms with Gasteiger partial charge in [-0.3, -0.25) is 5.32 Å². The number of carbonyl (C=O) groups excluding carboxylic acids is 2. The number of alkyl halides is 1. The zero-order valence-corrected chi connectivity index (χ0v) is 20.9. The number of ether oxygens (including phenoxy) is 2. The van der Waals surface area contributed by atoms with Gasteiger partial charge >= 0.3 is 6.09 Å². The van der Waals surface area contributed by atoms with Gasteiger partial charge < -0.3 is 14.3 Å². The molecule has 1 fully saturated rings. The predicted molar refractivity (Wildman–Crippen MR) is 122 cm³/mol. The lowest BCUT2D eigenvalue weighted by molar-refractivity contribution is -0.108. The lowest BCUT2D eigenvalue weighted by atomic mass is 9.85. The molecule has 1 N–H and O–H groups in total. The van der Waals surface area contributed by atoms with Crippen LogP contribution in [0.5, 0.6) is 0 Å². The van der Waals surface area contributed by atoms with E-state index in [1.807, 2.05) is 0 Å². The van der Waals surface area contributed by atoms with Gasteiger partial charge in [-0.25, -0.2) is 18.6 Å². The number of aldehydes is 1. The van der Waals surface area contributed by atoms with Gasteiger partial charge in [0.25, 0.3) is 5.23 Å². The molecule has 0 unspecified atom stereocenters. The number of alkyl carbamates (subject to hydrolysis) is 1. The summed E-state index contributed by atoms with van der Waals surface area (Å²) < 4.78 is 39.3. The number of fused-ring (bicyclic) bond motifs is 1. The van der Waals surface area contributed by atoms with Gasteiger partial charge in [-0.05, 0) is 30.7 Å². The molecule has 3 atom stereocenters. The topological polar surface area (TPSA) is 77.0 Å². The van der Waals surface area contributed by atoms with Crippen LogP contribution < -0.4 is 5.32 Å². The Kier molecular flexibility index (Phi) is 7.29. The van der Waals surface area contributed by atoms with Crippen molar-refractivity contribution in [3.8, 4) is 0 Å². The van der Waals surface area contributed by atoms with Gasteiger partial charge in [-0.2, -0.15) is 0 Å². The molecule has 31 heavy (non-hydrogen) atoms. The quantitative estimate of drug-likeness (QED) is 0.223. The van der Waals surface area contributed by atoms with Gasteiger partial charge in [0.15, 0.2) is 0 Å². The third kappa shape index (κ3) is 5.37. The number of amides is 1. The molecule has 0 saturated heterocycles. The minimum absolute atomic E-state index is 0.0228. The number of thioether (sulfide) groups is 1. The molecule has 1 amide bonds. The summed E-state index contributed by atoms with van der Waals surface area (Å²) in [6, 6.07) is 5.11. The summed E-state index contributed by atoms with van der Waals surface area (Å²) >= 11 is 4.24. The van der Waals surface area contributed by atoms with Crippen LogP contribution in [0.3, 0.4) is 0 Å². The monoisotopic (exact) mass is 534 g/mol. The van der Waals surface area contributed by atoms with Crippen molar-refractivity contribution < 1.29 is 27.8 Å². The minimum atomic E-state index is -1.64. The van der Waals surface area contributed by atoms with Gasteiger partial charge in [0.05, 0.1) is 4.75 Å². The van der Waals surface area contributed by atoms with E-state index in [1.54, 1.807) is 0 Å². The van der Waals surface area contributed by atoms with Crippen LogP contribution in [0.2, 0.25) is 25.7 Å². The number of halogens is 3. The highest BCUT2D eigenvalue weighted by Gasteiger charge is 2.69. The number of rotatable bonds is 8. The second-order valence-corrected chi connectivity index (χ2v) is 16.8. The third-order valence-corrected chi connectivity index (χ3v) is 8.86. The Balaban J connectivity index is 1.74. The number of hydrogen-bond acceptors (Lipinski definition) is 6. The number of benzene rings is 1. The number of carbonyl (C=O) groups is 2. The maximum absolute atomic E-state index is 14.6. The lowest BCUT2D eigenvalue weighted by Gasteiger charge is -2.33. The number of nitrogens with zero attached hydrogens (tertiary/aromatic N) is 1. The van der Waals surface area contributed by atoms with Crippen LogP contribution in [0.25, 0.3) is 0 Å². The van der Waals surface area contributed by atoms with E-state index in [1.165, 1.54) is 18.2 Å². The molecule has 11 heteroatoms. The van der Waals surface area contributed by atoms with Crippen LogP contribution in [0, 0.1) is 11.7 Å². The molecular formula is C20H25BrF2N2O4SSi. The van der Waals surface area contributed by atoms with Crippen LogP contribution in [0.4, 0.5) is 13.6 Å². The van der Waals surface area contributed by atoms with Crippen molar-refractivity contribution >= 4 is 53.4 Å². The number of nitrogens with one attached hydrogen (secondary N) is 1. The molecule has 2 aliphatic rings. The first kappa shape index (κ1) is 24.3. The van der Waals surface area contributed by atoms with Crippen molar-refractivity contribution in [1.82, 2.24) is 5.32 Å². The first-order valence-corrected chi connectivity index (χ1v) is 15.2. The van der Waals surface area contributed by atoms with Crippen molar-refractivity contribution in [2.75, 3.05) is 20.0 Å². The summed E-state index contributed by atoms with van der Waals surface area (Å²) in [6.07, 6.45) is 0.189. The van der Waals surface area contributed by atoms with E-state index in [-0.39, 0.29) is 17.5 Å². The molecule has 6 nitrogen and oxygen atoms in total. The first-order chi connectivity index (χ1) is 14.5. The second kappa shape index (κ2) is 9.28. The van der Waals surface area contributed by atoms with Crippen molar-refractivity contribution in [1.29, 1.82) is 0 Å². The zero-order valence-electron chi connectivity index (χ0n) is 17.5. The summed E-state index contributed by atoms with van der Waals surface area (Å²) in [5.41, 5.74) is -1.61. The predicted octanol–water partition coefficient (Wildman–Crippen LogP) is 4.85. The Morgan fingerprint density at radius 3 is 2.84 bits per heavy atom. The molecule has 1 aromatic rings. The lowest BCUT2D eigenvalue weighted by Crippen LogP contribution is -2.40. The molecule has 170 valence electrons. The van der Waals surface area contributed by atoms with Crippen molar-refractivity contribution in [2.24, 2.45) is 10.9 Å². The van der Waals surface area contributed by atoms with E-state index >= 15 is 0 Å². The van der Waals surface area contributed by atoms with E-state index < -0.39 is 42.9 Å². The molecule has 1 aliphatic carbocycles. The Bertz CT molecular complexity index is 900. The summed E-state index contributed by atoms with van der Waals surface area (Å²) in [5, 5.41) is 2.29. The molecule has 0 aromatic heterocycles. The minimum Gasteiger partial charge on any atom is -0.385 e. The fraction of sp³-hybridized carbons (Fsp3) is 0.550. The Morgan fingerprint density at radius 2 is 2.19 bits per heavy atom. The largest absolute Gasteiger partial charge is 0.416 e. The van der Waals surface area contributed by atoms with Crippen LogP contribution in [-0.4, -0.2) is 50.4 Å². The number of hydrogen-bond donors (Lipinski definition) is 1. The summed E-state index contributed by atoms with van der Waals surface area (Å²) in [5.74, 6) is -1.17. The van der Waals surface area contributed by atoms with Crippen molar-refractivity contribution in [3.63, 3.8) is 0 Å². The van der Waals surface area contributed by atoms with Crippen LogP contribution in [0.15, 0.2) is 27.7 Å². The molecule has 1 aliphatic heterocycles. The summed E-state index contributed by atoms with van der Waals surface area (Å²) in [7, 11) is -1.24. The smallest absolute Gasteiger partial charge is 0.385 e. The van der Waals surface area contributed by atoms with Gasteiger partial charge in [-0.1, -0.05) is 47.3 Å². The van der Waals surface area contributed by atoms with E-state index in [0.717, 1.165) is 17.8 Å². The van der Waals surface area contributed by atoms with Crippen molar-refractivity contribution in [3.05, 3.63) is 34.1 Å². The van der Waals surface area contributed by atoms with Crippen LogP contribution in [-0.2, 0) is 19.8 Å². The average Bonchev–Trinajstić information content (AvgIpc) is 3.43. The molecule has 0 bridgehead atoms. The van der Waals surface area contributed by atoms with Gasteiger partial charge in [0.2, 0.25) is 0 Å². The molecule has 1 heterocycles. The standard InChI is InChI=1S/C20H25BrF2N2O4SSi/c1-31(2,3)7-6-28-12-24-17(27)29-18-25-20(10-22,16-9-19(16,11-26)30-18)14-8-13(21)4-5-15(14)23/h4-5,8,11,16H,6-7,9-10,12H2,1-3H3,(H,24,27)/t16-,19-,20-/m1/s1. The maximum Gasteiger partial charge on any atom is 0.416 e. The molecule has 0 spiro atoms. The normalized spacial score (nSPS) is 27.2. The fourth-order valence-corrected chi connectivity index (χ4v) is 5.92. The summed E-state index contributed by atoms with van der Waals surface area (Å²) in [4.78, 5) is 28.3. The van der Waals surface area contributed by atoms with E-state index in [4.69, 9.17) is 9.47 Å². The van der Waals surface area contributed by atoms with Crippen LogP contribution >= 0.6 is 27.7 Å². The van der Waals surface area contributed by atoms with Gasteiger partial charge in [0, 0.05) is 30.6 Å². The van der Waals surface area contributed by atoms with E-state index in [2.05, 4.69) is 45.9 Å². The van der Waals surface area contributed by atoms with Gasteiger partial charge in [-0.15, -0.1) is 0 Å². The Morgan fingerprint density at radius 1 is 1.45 bits per heavy atom. The molecule has 1 aromatic carbocycles.